The van der Waals surface area contributed by atoms with E-state index in [1.54, 1.807) is 12.0 Å². The molecule has 0 saturated carbocycles. The zero-order valence-corrected chi connectivity index (χ0v) is 15.9. The number of methoxy groups -OCH3 is 1. The van der Waals surface area contributed by atoms with Crippen LogP contribution in [0.4, 0.5) is 4.79 Å². The predicted molar refractivity (Wildman–Crippen MR) is 96.6 cm³/mol. The van der Waals surface area contributed by atoms with E-state index in [1.165, 1.54) is 5.56 Å². The predicted octanol–water partition coefficient (Wildman–Crippen LogP) is 2.35. The molecule has 0 bridgehead atoms. The molecule has 0 aliphatic carbocycles. The number of aliphatic hydroxyl groups is 1. The largest absolute Gasteiger partial charge is 0.497 e. The second-order valence-electron chi connectivity index (χ2n) is 7.76. The zero-order chi connectivity index (χ0) is 18.6. The van der Waals surface area contributed by atoms with Gasteiger partial charge in [-0.05, 0) is 45.5 Å². The second-order valence-corrected chi connectivity index (χ2v) is 7.76. The lowest BCUT2D eigenvalue weighted by atomic mass is 10.1. The fourth-order valence-corrected chi connectivity index (χ4v) is 3.02. The summed E-state index contributed by atoms with van der Waals surface area (Å²) in [6.07, 6.45) is -0.877. The Morgan fingerprint density at radius 3 is 2.48 bits per heavy atom. The van der Waals surface area contributed by atoms with Crippen molar-refractivity contribution in [2.75, 3.05) is 33.8 Å². The van der Waals surface area contributed by atoms with Crippen LogP contribution < -0.4 is 4.74 Å². The van der Waals surface area contributed by atoms with Gasteiger partial charge < -0.3 is 24.4 Å². The average molecular weight is 350 g/mol. The van der Waals surface area contributed by atoms with Crippen molar-refractivity contribution in [1.82, 2.24) is 9.80 Å². The summed E-state index contributed by atoms with van der Waals surface area (Å²) >= 11 is 0. The molecule has 6 heteroatoms. The second kappa shape index (κ2) is 8.06. The number of amides is 1. The smallest absolute Gasteiger partial charge is 0.410 e. The van der Waals surface area contributed by atoms with Crippen molar-refractivity contribution in [1.29, 1.82) is 0 Å². The highest BCUT2D eigenvalue weighted by atomic mass is 16.6. The molecule has 1 aliphatic heterocycles. The van der Waals surface area contributed by atoms with Crippen LogP contribution in [0.1, 0.15) is 26.3 Å². The molecule has 1 fully saturated rings. The maximum Gasteiger partial charge on any atom is 0.410 e. The van der Waals surface area contributed by atoms with Crippen molar-refractivity contribution in [3.05, 3.63) is 29.8 Å². The maximum atomic E-state index is 12.2. The number of likely N-dealkylation sites (tertiary alicyclic amines) is 1. The summed E-state index contributed by atoms with van der Waals surface area (Å²) in [7, 11) is 3.67. The van der Waals surface area contributed by atoms with Gasteiger partial charge in [-0.2, -0.15) is 0 Å². The summed E-state index contributed by atoms with van der Waals surface area (Å²) < 4.78 is 10.6. The average Bonchev–Trinajstić information content (AvgIpc) is 2.87. The van der Waals surface area contributed by atoms with Gasteiger partial charge in [0.1, 0.15) is 11.4 Å². The zero-order valence-electron chi connectivity index (χ0n) is 15.9. The van der Waals surface area contributed by atoms with Crippen LogP contribution in [0.2, 0.25) is 0 Å². The maximum absolute atomic E-state index is 12.2. The van der Waals surface area contributed by atoms with Crippen molar-refractivity contribution in [2.45, 2.75) is 39.0 Å². The van der Waals surface area contributed by atoms with E-state index < -0.39 is 11.7 Å². The Morgan fingerprint density at radius 1 is 1.28 bits per heavy atom. The first-order valence-corrected chi connectivity index (χ1v) is 8.65. The summed E-state index contributed by atoms with van der Waals surface area (Å²) in [5, 5.41) is 10.3. The third kappa shape index (κ3) is 5.90. The molecule has 1 aromatic rings. The number of benzene rings is 1. The monoisotopic (exact) mass is 350 g/mol. The quantitative estimate of drug-likeness (QED) is 0.883. The van der Waals surface area contributed by atoms with E-state index in [9.17, 15) is 9.90 Å². The van der Waals surface area contributed by atoms with Gasteiger partial charge in [0.05, 0.1) is 19.8 Å². The first kappa shape index (κ1) is 19.5. The molecule has 2 atom stereocenters. The van der Waals surface area contributed by atoms with E-state index in [0.717, 1.165) is 12.3 Å². The number of hydrogen-bond donors (Lipinski definition) is 1. The standard InChI is InChI=1S/C19H30N2O4/c1-19(2,3)25-18(23)21-12-15(17(22)13-21)11-20(4)10-14-6-8-16(24-5)9-7-14/h6-9,15,17,22H,10-13H2,1-5H3/t15-,17-/m1/s1. The van der Waals surface area contributed by atoms with Crippen molar-refractivity contribution in [3.63, 3.8) is 0 Å². The Hall–Kier alpha value is -1.79. The van der Waals surface area contributed by atoms with Crippen LogP contribution >= 0.6 is 0 Å². The van der Waals surface area contributed by atoms with Gasteiger partial charge in [-0.15, -0.1) is 0 Å². The van der Waals surface area contributed by atoms with Gasteiger partial charge >= 0.3 is 6.09 Å². The topological polar surface area (TPSA) is 62.2 Å². The highest BCUT2D eigenvalue weighted by molar-refractivity contribution is 5.68. The summed E-state index contributed by atoms with van der Waals surface area (Å²) in [5.41, 5.74) is 0.658. The molecule has 25 heavy (non-hydrogen) atoms. The van der Waals surface area contributed by atoms with Crippen LogP contribution in [0.3, 0.4) is 0 Å². The van der Waals surface area contributed by atoms with E-state index in [-0.39, 0.29) is 12.0 Å². The van der Waals surface area contributed by atoms with Gasteiger partial charge in [0, 0.05) is 25.6 Å². The Bertz CT molecular complexity index is 568. The van der Waals surface area contributed by atoms with Crippen molar-refractivity contribution >= 4 is 6.09 Å². The van der Waals surface area contributed by atoms with E-state index in [1.807, 2.05) is 52.1 Å². The van der Waals surface area contributed by atoms with Gasteiger partial charge in [-0.25, -0.2) is 4.79 Å². The van der Waals surface area contributed by atoms with Crippen LogP contribution in [0.15, 0.2) is 24.3 Å². The normalized spacial score (nSPS) is 20.8. The molecule has 140 valence electrons. The van der Waals surface area contributed by atoms with Gasteiger partial charge in [-0.1, -0.05) is 12.1 Å². The fraction of sp³-hybridized carbons (Fsp3) is 0.632. The van der Waals surface area contributed by atoms with Crippen LogP contribution in [-0.2, 0) is 11.3 Å². The van der Waals surface area contributed by atoms with E-state index in [0.29, 0.717) is 19.6 Å². The molecule has 0 radical (unpaired) electrons. The lowest BCUT2D eigenvalue weighted by molar-refractivity contribution is 0.0269. The summed E-state index contributed by atoms with van der Waals surface area (Å²) in [4.78, 5) is 15.9. The van der Waals surface area contributed by atoms with E-state index in [4.69, 9.17) is 9.47 Å². The van der Waals surface area contributed by atoms with Gasteiger partial charge in [0.15, 0.2) is 0 Å². The lowest BCUT2D eigenvalue weighted by Crippen LogP contribution is -2.36. The molecule has 1 N–H and O–H groups in total. The van der Waals surface area contributed by atoms with Crippen LogP contribution in [-0.4, -0.2) is 66.5 Å². The molecule has 1 amide bonds. The van der Waals surface area contributed by atoms with Crippen molar-refractivity contribution in [2.24, 2.45) is 5.92 Å². The third-order valence-electron chi connectivity index (χ3n) is 4.22. The van der Waals surface area contributed by atoms with Gasteiger partial charge in [0.25, 0.3) is 0 Å². The summed E-state index contributed by atoms with van der Waals surface area (Å²) in [6.45, 7) is 7.87. The molecular weight excluding hydrogens is 320 g/mol. The highest BCUT2D eigenvalue weighted by Gasteiger charge is 2.36. The number of nitrogens with zero attached hydrogens (tertiary/aromatic N) is 2. The Labute approximate surface area is 150 Å². The molecule has 1 aromatic carbocycles. The minimum Gasteiger partial charge on any atom is -0.497 e. The molecule has 6 nitrogen and oxygen atoms in total. The molecule has 0 aromatic heterocycles. The van der Waals surface area contributed by atoms with Crippen LogP contribution in [0, 0.1) is 5.92 Å². The first-order valence-electron chi connectivity index (χ1n) is 8.65. The summed E-state index contributed by atoms with van der Waals surface area (Å²) in [6, 6.07) is 7.95. The minimum atomic E-state index is -0.523. The first-order chi connectivity index (χ1) is 11.7. The molecule has 1 aliphatic rings. The molecule has 0 spiro atoms. The SMILES string of the molecule is COc1ccc(CN(C)C[C@@H]2CN(C(=O)OC(C)(C)C)C[C@H]2O)cc1. The Morgan fingerprint density at radius 2 is 1.92 bits per heavy atom. The third-order valence-corrected chi connectivity index (χ3v) is 4.22. The van der Waals surface area contributed by atoms with Crippen molar-refractivity contribution < 1.29 is 19.4 Å². The van der Waals surface area contributed by atoms with Gasteiger partial charge in [-0.3, -0.25) is 0 Å². The number of carbonyl (C=O) groups is 1. The summed E-state index contributed by atoms with van der Waals surface area (Å²) in [5.74, 6) is 0.862. The molecule has 0 unspecified atom stereocenters. The number of aliphatic hydroxyl groups excluding tert-OH is 1. The van der Waals surface area contributed by atoms with Crippen LogP contribution in [0.25, 0.3) is 0 Å². The molecule has 1 saturated heterocycles. The van der Waals surface area contributed by atoms with E-state index in [2.05, 4.69) is 4.90 Å². The van der Waals surface area contributed by atoms with Crippen LogP contribution in [0.5, 0.6) is 5.75 Å². The fourth-order valence-electron chi connectivity index (χ4n) is 3.02. The molecular formula is C19H30N2O4. The number of β-amino-alcohol motifs (C(OH)–C–C–N with tert-alkyl or cyclic N) is 1. The Kier molecular flexibility index (Phi) is 6.30. The molecule has 2 rings (SSSR count). The number of hydrogen-bond acceptors (Lipinski definition) is 5. The molecule has 1 heterocycles. The number of ether oxygens (including phenoxy) is 2. The number of carbonyl (C=O) groups excluding carboxylic acids is 1. The van der Waals surface area contributed by atoms with E-state index >= 15 is 0 Å². The van der Waals surface area contributed by atoms with Crippen molar-refractivity contribution in [3.8, 4) is 5.75 Å². The minimum absolute atomic E-state index is 0.0239. The number of rotatable bonds is 5. The highest BCUT2D eigenvalue weighted by Crippen LogP contribution is 2.21. The lowest BCUT2D eigenvalue weighted by Gasteiger charge is -2.25. The van der Waals surface area contributed by atoms with Gasteiger partial charge in [0.2, 0.25) is 0 Å². The Balaban J connectivity index is 1.85.